The van der Waals surface area contributed by atoms with Crippen LogP contribution in [0.25, 0.3) is 0 Å². The number of nitrogens with zero attached hydrogens (tertiary/aromatic N) is 1. The molecule has 1 unspecified atom stereocenters. The summed E-state index contributed by atoms with van der Waals surface area (Å²) < 4.78 is 36.5. The summed E-state index contributed by atoms with van der Waals surface area (Å²) >= 11 is 0. The van der Waals surface area contributed by atoms with E-state index in [2.05, 4.69) is 0 Å². The fourth-order valence-electron chi connectivity index (χ4n) is 3.13. The van der Waals surface area contributed by atoms with E-state index in [1.807, 2.05) is 0 Å². The highest BCUT2D eigenvalue weighted by Crippen LogP contribution is 2.31. The summed E-state index contributed by atoms with van der Waals surface area (Å²) in [4.78, 5) is 25.5. The average Bonchev–Trinajstić information content (AvgIpc) is 2.60. The van der Waals surface area contributed by atoms with Crippen molar-refractivity contribution in [2.24, 2.45) is 5.41 Å². The number of rotatable bonds is 8. The van der Waals surface area contributed by atoms with Crippen LogP contribution in [-0.4, -0.2) is 55.3 Å². The van der Waals surface area contributed by atoms with Gasteiger partial charge in [-0.2, -0.15) is 0 Å². The van der Waals surface area contributed by atoms with Gasteiger partial charge in [-0.05, 0) is 31.4 Å². The molecule has 0 aliphatic carbocycles. The van der Waals surface area contributed by atoms with E-state index in [9.17, 15) is 23.5 Å². The van der Waals surface area contributed by atoms with Gasteiger partial charge in [0, 0.05) is 32.7 Å². The minimum atomic E-state index is -1.07. The number of aliphatic carboxylic acids is 1. The Morgan fingerprint density at radius 3 is 2.77 bits per heavy atom. The largest absolute Gasteiger partial charge is 0.491 e. The molecule has 0 spiro atoms. The Hall–Kier alpha value is -2.22. The molecule has 1 atom stereocenters. The van der Waals surface area contributed by atoms with Gasteiger partial charge in [0.1, 0.15) is 11.2 Å². The Balaban J connectivity index is 1.82. The van der Waals surface area contributed by atoms with Gasteiger partial charge in [0.05, 0.1) is 13.2 Å². The van der Waals surface area contributed by atoms with Crippen LogP contribution in [0.4, 0.5) is 8.78 Å². The van der Waals surface area contributed by atoms with Crippen LogP contribution in [0.1, 0.15) is 25.7 Å². The van der Waals surface area contributed by atoms with Gasteiger partial charge < -0.3 is 19.5 Å². The Labute approximate surface area is 150 Å². The Morgan fingerprint density at radius 2 is 2.12 bits per heavy atom. The summed E-state index contributed by atoms with van der Waals surface area (Å²) in [7, 11) is 1.44. The van der Waals surface area contributed by atoms with Crippen molar-refractivity contribution in [1.82, 2.24) is 4.90 Å². The minimum absolute atomic E-state index is 0.0546. The number of likely N-dealkylation sites (tertiary alicyclic amines) is 1. The van der Waals surface area contributed by atoms with Crippen LogP contribution < -0.4 is 4.74 Å². The van der Waals surface area contributed by atoms with Gasteiger partial charge in [0.25, 0.3) is 0 Å². The van der Waals surface area contributed by atoms with Crippen LogP contribution in [0, 0.1) is 17.0 Å². The Morgan fingerprint density at radius 1 is 1.35 bits per heavy atom. The summed E-state index contributed by atoms with van der Waals surface area (Å²) in [5.41, 5.74) is -1.07. The number of carbonyl (C=O) groups is 2. The monoisotopic (exact) mass is 371 g/mol. The van der Waals surface area contributed by atoms with E-state index in [4.69, 9.17) is 9.47 Å². The standard InChI is InChI=1S/C18H23F2NO5/c1-25-12-18(17(23)24)7-3-8-21(11-18)16(22)4-2-9-26-15-6-5-13(19)10-14(15)20/h5-6,10H,2-4,7-9,11-12H2,1H3,(H,23,24). The minimum Gasteiger partial charge on any atom is -0.491 e. The lowest BCUT2D eigenvalue weighted by molar-refractivity contribution is -0.159. The van der Waals surface area contributed by atoms with Gasteiger partial charge >= 0.3 is 5.97 Å². The van der Waals surface area contributed by atoms with E-state index < -0.39 is 23.0 Å². The smallest absolute Gasteiger partial charge is 0.313 e. The second-order valence-corrected chi connectivity index (χ2v) is 6.46. The molecular weight excluding hydrogens is 348 g/mol. The third kappa shape index (κ3) is 4.91. The topological polar surface area (TPSA) is 76.1 Å². The summed E-state index contributed by atoms with van der Waals surface area (Å²) in [6, 6.07) is 3.02. The first-order valence-electron chi connectivity index (χ1n) is 8.46. The quantitative estimate of drug-likeness (QED) is 0.711. The molecule has 1 N–H and O–H groups in total. The van der Waals surface area contributed by atoms with Crippen molar-refractivity contribution in [3.05, 3.63) is 29.8 Å². The number of piperidine rings is 1. The number of halogens is 2. The molecule has 1 aliphatic rings. The maximum Gasteiger partial charge on any atom is 0.313 e. The molecule has 0 radical (unpaired) electrons. The van der Waals surface area contributed by atoms with Crippen LogP contribution >= 0.6 is 0 Å². The number of carbonyl (C=O) groups excluding carboxylic acids is 1. The average molecular weight is 371 g/mol. The number of ether oxygens (including phenoxy) is 2. The molecule has 1 fully saturated rings. The number of carboxylic acids is 1. The highest BCUT2D eigenvalue weighted by molar-refractivity contribution is 5.79. The van der Waals surface area contributed by atoms with Gasteiger partial charge in [0.2, 0.25) is 5.91 Å². The van der Waals surface area contributed by atoms with Crippen LogP contribution in [0.15, 0.2) is 18.2 Å². The number of carboxylic acid groups (broad SMARTS) is 1. The molecule has 2 rings (SSSR count). The molecule has 0 aromatic heterocycles. The summed E-state index contributed by atoms with van der Waals surface area (Å²) in [5.74, 6) is -2.69. The number of amides is 1. The van der Waals surface area contributed by atoms with E-state index in [-0.39, 0.29) is 37.8 Å². The zero-order valence-corrected chi connectivity index (χ0v) is 14.7. The first kappa shape index (κ1) is 20.1. The molecule has 1 aromatic rings. The second-order valence-electron chi connectivity index (χ2n) is 6.46. The molecule has 1 saturated heterocycles. The maximum absolute atomic E-state index is 13.5. The maximum atomic E-state index is 13.5. The summed E-state index contributed by atoms with van der Waals surface area (Å²) in [6.07, 6.45) is 1.56. The highest BCUT2D eigenvalue weighted by Gasteiger charge is 2.43. The van der Waals surface area contributed by atoms with Gasteiger partial charge in [-0.1, -0.05) is 0 Å². The molecule has 0 bridgehead atoms. The third-order valence-electron chi connectivity index (χ3n) is 4.49. The molecule has 144 valence electrons. The van der Waals surface area contributed by atoms with Crippen LogP contribution in [-0.2, 0) is 14.3 Å². The predicted octanol–water partition coefficient (Wildman–Crippen LogP) is 2.46. The van der Waals surface area contributed by atoms with Gasteiger partial charge in [0.15, 0.2) is 11.6 Å². The predicted molar refractivity (Wildman–Crippen MR) is 88.8 cm³/mol. The molecule has 0 saturated carbocycles. The molecule has 1 amide bonds. The molecule has 1 aliphatic heterocycles. The zero-order valence-electron chi connectivity index (χ0n) is 14.7. The van der Waals surface area contributed by atoms with E-state index in [0.717, 1.165) is 12.1 Å². The lowest BCUT2D eigenvalue weighted by Crippen LogP contribution is -2.52. The Kier molecular flexibility index (Phi) is 6.90. The lowest BCUT2D eigenvalue weighted by Gasteiger charge is -2.39. The SMILES string of the molecule is COCC1(C(=O)O)CCCN(C(=O)CCCOc2ccc(F)cc2F)C1. The van der Waals surface area contributed by atoms with E-state index >= 15 is 0 Å². The normalized spacial score (nSPS) is 20.0. The first-order valence-corrected chi connectivity index (χ1v) is 8.46. The molecule has 1 heterocycles. The fourth-order valence-corrected chi connectivity index (χ4v) is 3.13. The molecule has 8 heteroatoms. The van der Waals surface area contributed by atoms with Crippen LogP contribution in [0.2, 0.25) is 0 Å². The number of methoxy groups -OCH3 is 1. The van der Waals surface area contributed by atoms with Crippen molar-refractivity contribution in [3.8, 4) is 5.75 Å². The van der Waals surface area contributed by atoms with Gasteiger partial charge in [-0.25, -0.2) is 8.78 Å². The van der Waals surface area contributed by atoms with Crippen molar-refractivity contribution in [2.75, 3.05) is 33.4 Å². The van der Waals surface area contributed by atoms with Crippen molar-refractivity contribution in [3.63, 3.8) is 0 Å². The summed E-state index contributed by atoms with van der Waals surface area (Å²) in [5, 5.41) is 9.50. The lowest BCUT2D eigenvalue weighted by atomic mass is 9.80. The molecule has 6 nitrogen and oxygen atoms in total. The van der Waals surface area contributed by atoms with Crippen molar-refractivity contribution < 1.29 is 33.0 Å². The van der Waals surface area contributed by atoms with Gasteiger partial charge in [-0.3, -0.25) is 9.59 Å². The van der Waals surface area contributed by atoms with E-state index in [1.165, 1.54) is 18.1 Å². The van der Waals surface area contributed by atoms with Crippen LogP contribution in [0.5, 0.6) is 5.75 Å². The van der Waals surface area contributed by atoms with Gasteiger partial charge in [-0.15, -0.1) is 0 Å². The molecular formula is C18H23F2NO5. The molecule has 26 heavy (non-hydrogen) atoms. The number of benzene rings is 1. The van der Waals surface area contributed by atoms with Crippen LogP contribution in [0.3, 0.4) is 0 Å². The molecule has 1 aromatic carbocycles. The Bertz CT molecular complexity index is 650. The van der Waals surface area contributed by atoms with Crippen molar-refractivity contribution in [2.45, 2.75) is 25.7 Å². The second kappa shape index (κ2) is 8.93. The van der Waals surface area contributed by atoms with E-state index in [0.29, 0.717) is 25.8 Å². The fraction of sp³-hybridized carbons (Fsp3) is 0.556. The number of hydrogen-bond acceptors (Lipinski definition) is 4. The van der Waals surface area contributed by atoms with Crippen molar-refractivity contribution in [1.29, 1.82) is 0 Å². The highest BCUT2D eigenvalue weighted by atomic mass is 19.1. The van der Waals surface area contributed by atoms with Crippen molar-refractivity contribution >= 4 is 11.9 Å². The first-order chi connectivity index (χ1) is 12.4. The number of hydrogen-bond donors (Lipinski definition) is 1. The zero-order chi connectivity index (χ0) is 19.2. The van der Waals surface area contributed by atoms with E-state index in [1.54, 1.807) is 0 Å². The summed E-state index contributed by atoms with van der Waals surface area (Å²) in [6.45, 7) is 0.775. The third-order valence-corrected chi connectivity index (χ3v) is 4.49.